The van der Waals surface area contributed by atoms with Crippen LogP contribution in [-0.4, -0.2) is 37.0 Å². The van der Waals surface area contributed by atoms with Gasteiger partial charge in [-0.05, 0) is 30.7 Å². The Labute approximate surface area is 159 Å². The van der Waals surface area contributed by atoms with Gasteiger partial charge in [0, 0.05) is 5.56 Å². The van der Waals surface area contributed by atoms with E-state index < -0.39 is 6.10 Å². The Morgan fingerprint density at radius 2 is 2.00 bits per heavy atom. The number of aliphatic hydroxyl groups is 1. The molecule has 0 aliphatic heterocycles. The first-order valence-electron chi connectivity index (χ1n) is 8.61. The summed E-state index contributed by atoms with van der Waals surface area (Å²) in [6, 6.07) is 15.3. The van der Waals surface area contributed by atoms with Gasteiger partial charge < -0.3 is 14.6 Å². The Kier molecular flexibility index (Phi) is 8.06. The number of para-hydroxylation sites is 1. The Bertz CT molecular complexity index is 786. The first kappa shape index (κ1) is 20.2. The molecule has 1 amide bonds. The van der Waals surface area contributed by atoms with Crippen LogP contribution in [0.1, 0.15) is 24.5 Å². The summed E-state index contributed by atoms with van der Waals surface area (Å²) in [5, 5.41) is 13.1. The number of hydrogen-bond acceptors (Lipinski definition) is 5. The van der Waals surface area contributed by atoms with E-state index in [1.807, 2.05) is 54.6 Å². The fraction of sp³-hybridized carbons (Fsp3) is 0.238. The van der Waals surface area contributed by atoms with Crippen LogP contribution < -0.4 is 14.9 Å². The van der Waals surface area contributed by atoms with Crippen LogP contribution in [0.15, 0.2) is 59.7 Å². The first-order chi connectivity index (χ1) is 13.1. The average molecular weight is 368 g/mol. The molecule has 0 aromatic heterocycles. The van der Waals surface area contributed by atoms with Crippen molar-refractivity contribution in [2.24, 2.45) is 5.10 Å². The number of benzene rings is 2. The van der Waals surface area contributed by atoms with E-state index in [4.69, 9.17) is 9.47 Å². The van der Waals surface area contributed by atoms with Crippen LogP contribution in [0.5, 0.6) is 11.5 Å². The largest absolute Gasteiger partial charge is 0.493 e. The van der Waals surface area contributed by atoms with Crippen molar-refractivity contribution in [1.82, 2.24) is 5.43 Å². The van der Waals surface area contributed by atoms with Crippen molar-refractivity contribution < 1.29 is 19.4 Å². The van der Waals surface area contributed by atoms with Gasteiger partial charge in [-0.1, -0.05) is 42.5 Å². The zero-order valence-electron chi connectivity index (χ0n) is 15.5. The molecule has 1 atom stereocenters. The molecular formula is C21H24N2O4. The lowest BCUT2D eigenvalue weighted by Crippen LogP contribution is -2.21. The van der Waals surface area contributed by atoms with Crippen molar-refractivity contribution >= 4 is 18.2 Å². The lowest BCUT2D eigenvalue weighted by Gasteiger charge is -2.11. The number of hydrogen-bond donors (Lipinski definition) is 2. The third-order valence-electron chi connectivity index (χ3n) is 3.54. The molecule has 0 saturated carbocycles. The molecule has 6 heteroatoms. The smallest absolute Gasteiger partial charge is 0.242 e. The van der Waals surface area contributed by atoms with E-state index in [2.05, 4.69) is 10.5 Å². The molecule has 0 aliphatic carbocycles. The van der Waals surface area contributed by atoms with Crippen LogP contribution in [0.3, 0.4) is 0 Å². The quantitative estimate of drug-likeness (QED) is 0.527. The molecule has 2 aromatic carbocycles. The predicted octanol–water partition coefficient (Wildman–Crippen LogP) is 3.01. The fourth-order valence-corrected chi connectivity index (χ4v) is 2.32. The minimum Gasteiger partial charge on any atom is -0.493 e. The van der Waals surface area contributed by atoms with E-state index in [0.29, 0.717) is 23.7 Å². The molecule has 0 fully saturated rings. The molecular weight excluding hydrogens is 344 g/mol. The van der Waals surface area contributed by atoms with E-state index in [1.54, 1.807) is 20.1 Å². The van der Waals surface area contributed by atoms with Gasteiger partial charge in [-0.3, -0.25) is 4.79 Å². The lowest BCUT2D eigenvalue weighted by atomic mass is 10.2. The highest BCUT2D eigenvalue weighted by atomic mass is 16.5. The minimum atomic E-state index is -0.715. The van der Waals surface area contributed by atoms with E-state index in [9.17, 15) is 9.90 Å². The van der Waals surface area contributed by atoms with Crippen molar-refractivity contribution in [1.29, 1.82) is 0 Å². The maximum Gasteiger partial charge on any atom is 0.242 e. The third kappa shape index (κ3) is 6.95. The van der Waals surface area contributed by atoms with Crippen LogP contribution in [0, 0.1) is 0 Å². The number of nitrogens with one attached hydrogen (secondary N) is 1. The van der Waals surface area contributed by atoms with Crippen LogP contribution in [0.2, 0.25) is 0 Å². The zero-order chi connectivity index (χ0) is 19.5. The van der Waals surface area contributed by atoms with Crippen LogP contribution in [-0.2, 0) is 4.79 Å². The number of ether oxygens (including phenoxy) is 2. The van der Waals surface area contributed by atoms with Crippen molar-refractivity contribution in [2.75, 3.05) is 13.7 Å². The van der Waals surface area contributed by atoms with Crippen molar-refractivity contribution in [3.05, 3.63) is 65.7 Å². The normalized spacial score (nSPS) is 12.3. The number of carbonyl (C=O) groups excluding carboxylic acids is 1. The molecule has 0 bridgehead atoms. The molecule has 0 unspecified atom stereocenters. The third-order valence-corrected chi connectivity index (χ3v) is 3.54. The Morgan fingerprint density at radius 1 is 1.22 bits per heavy atom. The first-order valence-corrected chi connectivity index (χ1v) is 8.61. The van der Waals surface area contributed by atoms with Gasteiger partial charge in [0.05, 0.1) is 25.8 Å². The summed E-state index contributed by atoms with van der Waals surface area (Å²) in [7, 11) is 1.56. The molecule has 0 saturated heterocycles. The Hall–Kier alpha value is -3.12. The summed E-state index contributed by atoms with van der Waals surface area (Å²) in [6.07, 6.45) is 4.64. The Balaban J connectivity index is 2.03. The van der Waals surface area contributed by atoms with Gasteiger partial charge in [0.25, 0.3) is 0 Å². The van der Waals surface area contributed by atoms with E-state index >= 15 is 0 Å². The molecule has 0 aliphatic rings. The summed E-state index contributed by atoms with van der Waals surface area (Å²) >= 11 is 0. The highest BCUT2D eigenvalue weighted by Gasteiger charge is 2.09. The minimum absolute atomic E-state index is 0.0108. The van der Waals surface area contributed by atoms with Gasteiger partial charge in [0.2, 0.25) is 5.91 Å². The highest BCUT2D eigenvalue weighted by molar-refractivity contribution is 5.86. The number of hydrazone groups is 1. The van der Waals surface area contributed by atoms with E-state index in [0.717, 1.165) is 5.56 Å². The second-order valence-corrected chi connectivity index (χ2v) is 5.85. The van der Waals surface area contributed by atoms with Gasteiger partial charge in [0.15, 0.2) is 11.5 Å². The lowest BCUT2D eigenvalue weighted by molar-refractivity contribution is -0.122. The number of rotatable bonds is 9. The summed E-state index contributed by atoms with van der Waals surface area (Å²) in [5.41, 5.74) is 4.13. The number of carbonyl (C=O) groups is 1. The molecule has 0 spiro atoms. The standard InChI is InChI=1S/C21H24N2O4/c1-16(24)14-20(25)23-22-15-18-11-6-12-19(26-2)21(18)27-13-7-10-17-8-4-3-5-9-17/h3-12,15-16,24H,13-14H2,1-2H3,(H,23,25)/b10-7+,22-15-/t16-/m1/s1. The van der Waals surface area contributed by atoms with Gasteiger partial charge in [0.1, 0.15) is 6.61 Å². The van der Waals surface area contributed by atoms with E-state index in [-0.39, 0.29) is 12.3 Å². The fourth-order valence-electron chi connectivity index (χ4n) is 2.32. The average Bonchev–Trinajstić information content (AvgIpc) is 2.66. The summed E-state index contributed by atoms with van der Waals surface area (Å²) < 4.78 is 11.2. The van der Waals surface area contributed by atoms with E-state index in [1.165, 1.54) is 6.21 Å². The number of nitrogens with zero attached hydrogens (tertiary/aromatic N) is 1. The monoisotopic (exact) mass is 368 g/mol. The molecule has 0 radical (unpaired) electrons. The van der Waals surface area contributed by atoms with Crippen LogP contribution in [0.25, 0.3) is 6.08 Å². The highest BCUT2D eigenvalue weighted by Crippen LogP contribution is 2.30. The number of amides is 1. The van der Waals surface area contributed by atoms with Crippen molar-refractivity contribution in [3.8, 4) is 11.5 Å². The maximum absolute atomic E-state index is 11.5. The summed E-state index contributed by atoms with van der Waals surface area (Å²) in [4.78, 5) is 11.5. The van der Waals surface area contributed by atoms with Crippen LogP contribution in [0.4, 0.5) is 0 Å². The second-order valence-electron chi connectivity index (χ2n) is 5.85. The maximum atomic E-state index is 11.5. The predicted molar refractivity (Wildman–Crippen MR) is 106 cm³/mol. The topological polar surface area (TPSA) is 80.2 Å². The molecule has 27 heavy (non-hydrogen) atoms. The molecule has 2 N–H and O–H groups in total. The van der Waals surface area contributed by atoms with Gasteiger partial charge >= 0.3 is 0 Å². The molecule has 6 nitrogen and oxygen atoms in total. The van der Waals surface area contributed by atoms with Gasteiger partial charge in [-0.25, -0.2) is 5.43 Å². The summed E-state index contributed by atoms with van der Waals surface area (Å²) in [5.74, 6) is 0.742. The zero-order valence-corrected chi connectivity index (χ0v) is 15.5. The van der Waals surface area contributed by atoms with Gasteiger partial charge in [-0.2, -0.15) is 5.10 Å². The summed E-state index contributed by atoms with van der Waals surface area (Å²) in [6.45, 7) is 1.89. The van der Waals surface area contributed by atoms with Crippen molar-refractivity contribution in [2.45, 2.75) is 19.4 Å². The SMILES string of the molecule is COc1cccc(/C=N\NC(=O)C[C@@H](C)O)c1OC/C=C/c1ccccc1. The number of aliphatic hydroxyl groups excluding tert-OH is 1. The molecule has 0 heterocycles. The molecule has 2 rings (SSSR count). The van der Waals surface area contributed by atoms with Crippen molar-refractivity contribution in [3.63, 3.8) is 0 Å². The Morgan fingerprint density at radius 3 is 2.70 bits per heavy atom. The van der Waals surface area contributed by atoms with Crippen LogP contribution >= 0.6 is 0 Å². The van der Waals surface area contributed by atoms with Gasteiger partial charge in [-0.15, -0.1) is 0 Å². The molecule has 142 valence electrons. The molecule has 2 aromatic rings. The number of methoxy groups -OCH3 is 1. The second kappa shape index (κ2) is 10.8.